The van der Waals surface area contributed by atoms with Gasteiger partial charge in [-0.3, -0.25) is 14.6 Å². The number of carbonyl (C=O) groups excluding carboxylic acids is 1. The summed E-state index contributed by atoms with van der Waals surface area (Å²) in [6.45, 7) is 0.476. The van der Waals surface area contributed by atoms with Gasteiger partial charge in [-0.05, 0) is 37.5 Å². The minimum atomic E-state index is -0.728. The molecule has 0 bridgehead atoms. The highest BCUT2D eigenvalue weighted by Crippen LogP contribution is 2.31. The Morgan fingerprint density at radius 1 is 1.15 bits per heavy atom. The van der Waals surface area contributed by atoms with Crippen LogP contribution in [-0.2, 0) is 0 Å². The van der Waals surface area contributed by atoms with Crippen LogP contribution in [0.4, 0.5) is 4.39 Å². The number of fused-ring (bicyclic) bond motifs is 1. The number of H-pyrrole nitrogens is 3. The lowest BCUT2D eigenvalue weighted by atomic mass is 10.0. The van der Waals surface area contributed by atoms with Crippen molar-refractivity contribution in [1.29, 1.82) is 0 Å². The maximum Gasteiger partial charge on any atom is 0.326 e. The molecule has 0 spiro atoms. The zero-order valence-corrected chi connectivity index (χ0v) is 13.7. The molecule has 3 N–H and O–H groups in total. The SMILES string of the molecule is O=C(c1cc(=O)[nH]c(=O)[nH]1)N1CCCCC1c1nc2ccc(F)cc2[nH]1. The van der Waals surface area contributed by atoms with E-state index < -0.39 is 17.2 Å². The first-order valence-electron chi connectivity index (χ1n) is 8.31. The zero-order valence-electron chi connectivity index (χ0n) is 13.7. The number of piperidine rings is 1. The fourth-order valence-electron chi connectivity index (χ4n) is 3.36. The molecule has 9 heteroatoms. The third kappa shape index (κ3) is 2.92. The highest BCUT2D eigenvalue weighted by atomic mass is 19.1. The maximum atomic E-state index is 13.4. The van der Waals surface area contributed by atoms with Crippen molar-refractivity contribution >= 4 is 16.9 Å². The summed E-state index contributed by atoms with van der Waals surface area (Å²) >= 11 is 0. The van der Waals surface area contributed by atoms with Gasteiger partial charge in [-0.25, -0.2) is 14.2 Å². The number of amides is 1. The predicted octanol–water partition coefficient (Wildman–Crippen LogP) is 1.45. The van der Waals surface area contributed by atoms with Crippen LogP contribution in [-0.4, -0.2) is 37.3 Å². The van der Waals surface area contributed by atoms with Crippen LogP contribution in [0.1, 0.15) is 41.6 Å². The molecule has 1 atom stereocenters. The highest BCUT2D eigenvalue weighted by molar-refractivity contribution is 5.92. The topological polar surface area (TPSA) is 115 Å². The molecule has 0 saturated carbocycles. The number of nitrogens with zero attached hydrogens (tertiary/aromatic N) is 2. The Hall–Kier alpha value is -3.23. The van der Waals surface area contributed by atoms with Gasteiger partial charge in [0.15, 0.2) is 0 Å². The van der Waals surface area contributed by atoms with Crippen molar-refractivity contribution < 1.29 is 9.18 Å². The van der Waals surface area contributed by atoms with E-state index in [1.54, 1.807) is 11.0 Å². The van der Waals surface area contributed by atoms with Crippen LogP contribution in [0.2, 0.25) is 0 Å². The van der Waals surface area contributed by atoms with Crippen molar-refractivity contribution in [3.05, 3.63) is 62.4 Å². The number of nitrogens with one attached hydrogen (secondary N) is 3. The number of aromatic nitrogens is 4. The number of likely N-dealkylation sites (tertiary alicyclic amines) is 1. The first-order valence-corrected chi connectivity index (χ1v) is 8.31. The summed E-state index contributed by atoms with van der Waals surface area (Å²) in [5.41, 5.74) is -0.252. The third-order valence-corrected chi connectivity index (χ3v) is 4.53. The number of rotatable bonds is 2. The predicted molar refractivity (Wildman–Crippen MR) is 91.4 cm³/mol. The largest absolute Gasteiger partial charge is 0.340 e. The van der Waals surface area contributed by atoms with Crippen LogP contribution >= 0.6 is 0 Å². The molecule has 4 rings (SSSR count). The molecule has 0 aliphatic carbocycles. The van der Waals surface area contributed by atoms with Gasteiger partial charge in [0.05, 0.1) is 17.1 Å². The van der Waals surface area contributed by atoms with Gasteiger partial charge in [-0.2, -0.15) is 0 Å². The first kappa shape index (κ1) is 16.2. The summed E-state index contributed by atoms with van der Waals surface area (Å²) in [7, 11) is 0. The Bertz CT molecular complexity index is 1070. The quantitative estimate of drug-likeness (QED) is 0.644. The van der Waals surface area contributed by atoms with Gasteiger partial charge in [0.2, 0.25) is 0 Å². The average molecular weight is 357 g/mol. The molecule has 1 aliphatic heterocycles. The summed E-state index contributed by atoms with van der Waals surface area (Å²) in [6.07, 6.45) is 2.40. The Labute approximate surface area is 146 Å². The number of carbonyl (C=O) groups is 1. The van der Waals surface area contributed by atoms with Crippen LogP contribution in [0.5, 0.6) is 0 Å². The van der Waals surface area contributed by atoms with E-state index in [0.29, 0.717) is 29.8 Å². The standard InChI is InChI=1S/C17H16FN5O3/c18-9-4-5-10-11(7-9)20-15(19-10)13-3-1-2-6-23(13)16(25)12-8-14(24)22-17(26)21-12/h4-5,7-8,13H,1-3,6H2,(H,19,20)(H2,21,22,24,26). The molecule has 2 aromatic heterocycles. The van der Waals surface area contributed by atoms with Gasteiger partial charge in [-0.1, -0.05) is 0 Å². The second-order valence-corrected chi connectivity index (χ2v) is 6.30. The fraction of sp³-hybridized carbons (Fsp3) is 0.294. The molecule has 1 aliphatic rings. The zero-order chi connectivity index (χ0) is 18.3. The Balaban J connectivity index is 1.72. The van der Waals surface area contributed by atoms with Crippen molar-refractivity contribution in [2.45, 2.75) is 25.3 Å². The average Bonchev–Trinajstić information content (AvgIpc) is 3.03. The molecule has 1 unspecified atom stereocenters. The van der Waals surface area contributed by atoms with Gasteiger partial charge in [0.1, 0.15) is 17.3 Å². The van der Waals surface area contributed by atoms with Crippen LogP contribution in [0.3, 0.4) is 0 Å². The van der Waals surface area contributed by atoms with Crippen LogP contribution in [0.25, 0.3) is 11.0 Å². The molecular formula is C17H16FN5O3. The molecule has 26 heavy (non-hydrogen) atoms. The maximum absolute atomic E-state index is 13.4. The summed E-state index contributed by atoms with van der Waals surface area (Å²) in [4.78, 5) is 49.4. The lowest BCUT2D eigenvalue weighted by Crippen LogP contribution is -2.40. The number of benzene rings is 1. The van der Waals surface area contributed by atoms with E-state index in [1.165, 1.54) is 12.1 Å². The van der Waals surface area contributed by atoms with Crippen molar-refractivity contribution in [2.75, 3.05) is 6.54 Å². The number of aromatic amines is 3. The Kier molecular flexibility index (Phi) is 3.90. The van der Waals surface area contributed by atoms with Gasteiger partial charge in [-0.15, -0.1) is 0 Å². The lowest BCUT2D eigenvalue weighted by Gasteiger charge is -2.34. The molecule has 3 aromatic rings. The summed E-state index contributed by atoms with van der Waals surface area (Å²) < 4.78 is 13.4. The summed E-state index contributed by atoms with van der Waals surface area (Å²) in [5, 5.41) is 0. The van der Waals surface area contributed by atoms with Crippen molar-refractivity contribution in [3.8, 4) is 0 Å². The van der Waals surface area contributed by atoms with Crippen LogP contribution in [0.15, 0.2) is 33.9 Å². The van der Waals surface area contributed by atoms with E-state index in [0.717, 1.165) is 18.9 Å². The molecule has 134 valence electrons. The van der Waals surface area contributed by atoms with Crippen LogP contribution < -0.4 is 11.2 Å². The normalized spacial score (nSPS) is 17.6. The van der Waals surface area contributed by atoms with Gasteiger partial charge in [0.25, 0.3) is 11.5 Å². The van der Waals surface area contributed by atoms with E-state index >= 15 is 0 Å². The fourth-order valence-corrected chi connectivity index (χ4v) is 3.36. The molecule has 1 amide bonds. The first-order chi connectivity index (χ1) is 12.5. The summed E-state index contributed by atoms with van der Waals surface area (Å²) in [5.74, 6) is -0.249. The second-order valence-electron chi connectivity index (χ2n) is 6.30. The molecule has 1 aromatic carbocycles. The summed E-state index contributed by atoms with van der Waals surface area (Å²) in [6, 6.07) is 5.00. The van der Waals surface area contributed by atoms with E-state index in [2.05, 4.69) is 15.0 Å². The number of hydrogen-bond acceptors (Lipinski definition) is 4. The van der Waals surface area contributed by atoms with Gasteiger partial charge < -0.3 is 14.9 Å². The molecule has 1 saturated heterocycles. The van der Waals surface area contributed by atoms with Crippen LogP contribution in [0, 0.1) is 5.82 Å². The van der Waals surface area contributed by atoms with Gasteiger partial charge >= 0.3 is 5.69 Å². The monoisotopic (exact) mass is 357 g/mol. The highest BCUT2D eigenvalue weighted by Gasteiger charge is 2.31. The Morgan fingerprint density at radius 2 is 2.00 bits per heavy atom. The minimum Gasteiger partial charge on any atom is -0.340 e. The third-order valence-electron chi connectivity index (χ3n) is 4.53. The molecule has 0 radical (unpaired) electrons. The van der Waals surface area contributed by atoms with E-state index in [-0.39, 0.29) is 17.6 Å². The minimum absolute atomic E-state index is 0.0622. The van der Waals surface area contributed by atoms with Crippen molar-refractivity contribution in [1.82, 2.24) is 24.8 Å². The molecule has 3 heterocycles. The van der Waals surface area contributed by atoms with Gasteiger partial charge in [0, 0.05) is 12.6 Å². The van der Waals surface area contributed by atoms with E-state index in [1.807, 2.05) is 4.98 Å². The smallest absolute Gasteiger partial charge is 0.326 e. The lowest BCUT2D eigenvalue weighted by molar-refractivity contribution is 0.0594. The van der Waals surface area contributed by atoms with Crippen molar-refractivity contribution in [3.63, 3.8) is 0 Å². The molecular weight excluding hydrogens is 341 g/mol. The van der Waals surface area contributed by atoms with E-state index in [4.69, 9.17) is 0 Å². The number of halogens is 1. The number of imidazole rings is 1. The molecule has 1 fully saturated rings. The molecule has 8 nitrogen and oxygen atoms in total. The van der Waals surface area contributed by atoms with E-state index in [9.17, 15) is 18.8 Å². The Morgan fingerprint density at radius 3 is 2.81 bits per heavy atom. The van der Waals surface area contributed by atoms with Crippen molar-refractivity contribution in [2.24, 2.45) is 0 Å². The number of hydrogen-bond donors (Lipinski definition) is 3. The second kappa shape index (κ2) is 6.25.